The smallest absolute Gasteiger partial charge is 0.337 e. The molecule has 0 radical (unpaired) electrons. The molecule has 0 spiro atoms. The molecule has 6 rings (SSSR count). The minimum absolute atomic E-state index is 0.00856. The van der Waals surface area contributed by atoms with Gasteiger partial charge in [-0.05, 0) is 53.9 Å². The third-order valence-electron chi connectivity index (χ3n) is 6.48. The number of amides is 1. The van der Waals surface area contributed by atoms with Crippen molar-refractivity contribution in [2.24, 2.45) is 0 Å². The van der Waals surface area contributed by atoms with Crippen LogP contribution in [0.4, 0.5) is 5.13 Å². The van der Waals surface area contributed by atoms with Gasteiger partial charge in [0, 0.05) is 0 Å². The third-order valence-corrected chi connectivity index (χ3v) is 7.50. The normalized spacial score (nSPS) is 15.0. The zero-order valence-corrected chi connectivity index (χ0v) is 20.3. The molecule has 1 atom stereocenters. The molecule has 3 aromatic carbocycles. The van der Waals surface area contributed by atoms with E-state index < -0.39 is 17.9 Å². The van der Waals surface area contributed by atoms with Crippen molar-refractivity contribution in [3.8, 4) is 0 Å². The molecule has 1 aliphatic rings. The summed E-state index contributed by atoms with van der Waals surface area (Å²) in [5, 5.41) is 0.874. The molecule has 0 saturated heterocycles. The Balaban J connectivity index is 1.58. The van der Waals surface area contributed by atoms with E-state index in [4.69, 9.17) is 14.1 Å². The van der Waals surface area contributed by atoms with E-state index in [1.165, 1.54) is 28.9 Å². The molecular formula is C28H20N2O5S. The predicted octanol–water partition coefficient (Wildman–Crippen LogP) is 5.50. The monoisotopic (exact) mass is 496 g/mol. The number of esters is 1. The molecule has 7 nitrogen and oxygen atoms in total. The summed E-state index contributed by atoms with van der Waals surface area (Å²) in [6, 6.07) is 18.9. The van der Waals surface area contributed by atoms with Crippen LogP contribution in [0.2, 0.25) is 0 Å². The lowest BCUT2D eigenvalue weighted by Crippen LogP contribution is -2.29. The number of aromatic nitrogens is 1. The van der Waals surface area contributed by atoms with Gasteiger partial charge in [0.15, 0.2) is 10.6 Å². The fourth-order valence-electron chi connectivity index (χ4n) is 4.63. The van der Waals surface area contributed by atoms with Crippen LogP contribution in [-0.4, -0.2) is 24.0 Å². The Labute approximate surface area is 209 Å². The second-order valence-corrected chi connectivity index (χ2v) is 9.52. The molecule has 0 fully saturated rings. The van der Waals surface area contributed by atoms with Crippen LogP contribution in [0.1, 0.15) is 50.6 Å². The van der Waals surface area contributed by atoms with Crippen LogP contribution in [-0.2, 0) is 11.2 Å². The van der Waals surface area contributed by atoms with Crippen LogP contribution in [0.5, 0.6) is 0 Å². The number of rotatable bonds is 4. The summed E-state index contributed by atoms with van der Waals surface area (Å²) < 4.78 is 11.8. The quantitative estimate of drug-likeness (QED) is 0.305. The van der Waals surface area contributed by atoms with E-state index in [1.54, 1.807) is 48.5 Å². The van der Waals surface area contributed by atoms with Crippen LogP contribution in [0, 0.1) is 0 Å². The molecule has 2 aromatic heterocycles. The topological polar surface area (TPSA) is 89.7 Å². The SMILES string of the molecule is CCc1ccc2nc(N3C(=O)c4oc5ccccc5c(=O)c4[C@H]3c3ccc(C(=O)OC)cc3)sc2c1. The average Bonchev–Trinajstić information content (AvgIpc) is 3.46. The number of para-hydroxylation sites is 1. The molecular weight excluding hydrogens is 476 g/mol. The van der Waals surface area contributed by atoms with Gasteiger partial charge in [-0.2, -0.15) is 0 Å². The number of thiazole rings is 1. The summed E-state index contributed by atoms with van der Waals surface area (Å²) in [6.45, 7) is 2.08. The van der Waals surface area contributed by atoms with Crippen LogP contribution in [0.25, 0.3) is 21.2 Å². The minimum atomic E-state index is -0.758. The third kappa shape index (κ3) is 3.33. The van der Waals surface area contributed by atoms with Crippen molar-refractivity contribution < 1.29 is 18.7 Å². The standard InChI is InChI=1S/C28H20N2O5S/c1-3-15-8-13-19-21(14-15)36-28(29-19)30-23(16-9-11-17(12-10-16)27(33)34-2)22-24(31)18-6-4-5-7-20(18)35-25(22)26(30)32/h4-14,23H,3H2,1-2H3/t23-/m1/s1. The summed E-state index contributed by atoms with van der Waals surface area (Å²) in [7, 11) is 1.32. The fourth-order valence-corrected chi connectivity index (χ4v) is 5.69. The highest BCUT2D eigenvalue weighted by Gasteiger charge is 2.45. The molecule has 1 aliphatic heterocycles. The van der Waals surface area contributed by atoms with E-state index >= 15 is 0 Å². The highest BCUT2D eigenvalue weighted by Crippen LogP contribution is 2.43. The fraction of sp³-hybridized carbons (Fsp3) is 0.143. The molecule has 1 amide bonds. The Hall–Kier alpha value is -4.30. The number of anilines is 1. The van der Waals surface area contributed by atoms with E-state index in [2.05, 4.69) is 13.0 Å². The first-order valence-corrected chi connectivity index (χ1v) is 12.3. The van der Waals surface area contributed by atoms with Crippen LogP contribution >= 0.6 is 11.3 Å². The number of carbonyl (C=O) groups excluding carboxylic acids is 2. The summed E-state index contributed by atoms with van der Waals surface area (Å²) in [5.41, 5.74) is 3.33. The summed E-state index contributed by atoms with van der Waals surface area (Å²) in [5.74, 6) is -0.886. The maximum atomic E-state index is 13.8. The van der Waals surface area contributed by atoms with Crippen molar-refractivity contribution in [3.05, 3.63) is 105 Å². The molecule has 8 heteroatoms. The summed E-state index contributed by atoms with van der Waals surface area (Å²) in [6.07, 6.45) is 0.886. The van der Waals surface area contributed by atoms with Gasteiger partial charge < -0.3 is 9.15 Å². The number of benzene rings is 3. The molecule has 0 bridgehead atoms. The van der Waals surface area contributed by atoms with E-state index in [1.807, 2.05) is 12.1 Å². The molecule has 0 saturated carbocycles. The van der Waals surface area contributed by atoms with Crippen molar-refractivity contribution in [1.29, 1.82) is 0 Å². The van der Waals surface area contributed by atoms with Crippen LogP contribution < -0.4 is 10.3 Å². The van der Waals surface area contributed by atoms with Gasteiger partial charge in [0.2, 0.25) is 5.76 Å². The Morgan fingerprint density at radius 1 is 1.08 bits per heavy atom. The number of methoxy groups -OCH3 is 1. The Morgan fingerprint density at radius 3 is 2.61 bits per heavy atom. The number of fused-ring (bicyclic) bond motifs is 3. The molecule has 0 N–H and O–H groups in total. The predicted molar refractivity (Wildman–Crippen MR) is 138 cm³/mol. The second kappa shape index (κ2) is 8.42. The van der Waals surface area contributed by atoms with E-state index in [9.17, 15) is 14.4 Å². The van der Waals surface area contributed by atoms with Gasteiger partial charge >= 0.3 is 5.97 Å². The summed E-state index contributed by atoms with van der Waals surface area (Å²) >= 11 is 1.39. The maximum Gasteiger partial charge on any atom is 0.337 e. The average molecular weight is 497 g/mol. The van der Waals surface area contributed by atoms with Crippen LogP contribution in [0.3, 0.4) is 0 Å². The zero-order chi connectivity index (χ0) is 25.0. The van der Waals surface area contributed by atoms with E-state index in [0.717, 1.165) is 16.6 Å². The molecule has 0 unspecified atom stereocenters. The Bertz CT molecular complexity index is 1740. The van der Waals surface area contributed by atoms with E-state index in [0.29, 0.717) is 27.2 Å². The first-order chi connectivity index (χ1) is 17.5. The Morgan fingerprint density at radius 2 is 1.86 bits per heavy atom. The van der Waals surface area contributed by atoms with Crippen molar-refractivity contribution in [3.63, 3.8) is 0 Å². The van der Waals surface area contributed by atoms with Gasteiger partial charge in [-0.25, -0.2) is 9.78 Å². The van der Waals surface area contributed by atoms with Crippen molar-refractivity contribution in [2.45, 2.75) is 19.4 Å². The summed E-state index contributed by atoms with van der Waals surface area (Å²) in [4.78, 5) is 45.7. The number of hydrogen-bond acceptors (Lipinski definition) is 7. The first kappa shape index (κ1) is 22.2. The van der Waals surface area contributed by atoms with Gasteiger partial charge in [0.05, 0.1) is 39.9 Å². The van der Waals surface area contributed by atoms with Crippen LogP contribution in [0.15, 0.2) is 75.9 Å². The lowest BCUT2D eigenvalue weighted by molar-refractivity contribution is 0.0600. The van der Waals surface area contributed by atoms with Crippen molar-refractivity contribution >= 4 is 49.5 Å². The highest BCUT2D eigenvalue weighted by atomic mass is 32.1. The zero-order valence-electron chi connectivity index (χ0n) is 19.5. The lowest BCUT2D eigenvalue weighted by atomic mass is 9.98. The number of carbonyl (C=O) groups is 2. The second-order valence-electron chi connectivity index (χ2n) is 8.51. The van der Waals surface area contributed by atoms with Gasteiger partial charge in [0.1, 0.15) is 5.58 Å². The van der Waals surface area contributed by atoms with E-state index in [-0.39, 0.29) is 16.8 Å². The lowest BCUT2D eigenvalue weighted by Gasteiger charge is -2.22. The molecule has 0 aliphatic carbocycles. The van der Waals surface area contributed by atoms with Gasteiger partial charge in [-0.3, -0.25) is 14.5 Å². The highest BCUT2D eigenvalue weighted by molar-refractivity contribution is 7.22. The first-order valence-electron chi connectivity index (χ1n) is 11.5. The molecule has 36 heavy (non-hydrogen) atoms. The van der Waals surface area contributed by atoms with Crippen molar-refractivity contribution in [1.82, 2.24) is 4.98 Å². The molecule has 178 valence electrons. The van der Waals surface area contributed by atoms with Crippen molar-refractivity contribution in [2.75, 3.05) is 12.0 Å². The number of nitrogens with zero attached hydrogens (tertiary/aromatic N) is 2. The van der Waals surface area contributed by atoms with Gasteiger partial charge in [-0.15, -0.1) is 0 Å². The largest absolute Gasteiger partial charge is 0.465 e. The number of ether oxygens (including phenoxy) is 1. The number of aryl methyl sites for hydroxylation is 1. The number of hydrogen-bond donors (Lipinski definition) is 0. The molecule has 5 aromatic rings. The minimum Gasteiger partial charge on any atom is -0.465 e. The Kier molecular flexibility index (Phi) is 5.19. The van der Waals surface area contributed by atoms with Gasteiger partial charge in [-0.1, -0.05) is 48.6 Å². The maximum absolute atomic E-state index is 13.8. The molecule has 3 heterocycles. The van der Waals surface area contributed by atoms with Gasteiger partial charge in [0.25, 0.3) is 5.91 Å².